The van der Waals surface area contributed by atoms with Crippen molar-refractivity contribution in [1.82, 2.24) is 0 Å². The fourth-order valence-electron chi connectivity index (χ4n) is 3.93. The van der Waals surface area contributed by atoms with Crippen molar-refractivity contribution in [3.05, 3.63) is 98.9 Å². The molecule has 0 amide bonds. The van der Waals surface area contributed by atoms with Gasteiger partial charge in [0, 0.05) is 23.3 Å². The van der Waals surface area contributed by atoms with Crippen LogP contribution in [0.1, 0.15) is 27.4 Å². The first kappa shape index (κ1) is 23.1. The number of allylic oxidation sites excluding steroid dienone is 1. The number of ether oxygens (including phenoxy) is 4. The zero-order valence-corrected chi connectivity index (χ0v) is 18.7. The Hall–Kier alpha value is -5.04. The summed E-state index contributed by atoms with van der Waals surface area (Å²) in [4.78, 5) is 23.2. The minimum Gasteiger partial charge on any atom is -0.493 e. The molecule has 10 nitrogen and oxygen atoms in total. The summed E-state index contributed by atoms with van der Waals surface area (Å²) >= 11 is 0. The Morgan fingerprint density at radius 1 is 1.09 bits per heavy atom. The number of hydrogen-bond acceptors (Lipinski definition) is 9. The van der Waals surface area contributed by atoms with Crippen molar-refractivity contribution in [1.29, 1.82) is 5.26 Å². The Labute approximate surface area is 199 Å². The van der Waals surface area contributed by atoms with E-state index in [0.29, 0.717) is 22.6 Å². The second kappa shape index (κ2) is 9.44. The molecule has 1 atom stereocenters. The van der Waals surface area contributed by atoms with Gasteiger partial charge in [-0.15, -0.1) is 0 Å². The Bertz CT molecular complexity index is 1410. The van der Waals surface area contributed by atoms with Gasteiger partial charge in [-0.3, -0.25) is 10.1 Å². The lowest BCUT2D eigenvalue weighted by atomic mass is 9.83. The Balaban J connectivity index is 1.75. The molecule has 2 N–H and O–H groups in total. The van der Waals surface area contributed by atoms with Crippen molar-refractivity contribution >= 4 is 11.7 Å². The minimum atomic E-state index is -0.902. The monoisotopic (exact) mass is 473 g/mol. The van der Waals surface area contributed by atoms with E-state index in [9.17, 15) is 20.2 Å². The number of carbonyl (C=O) groups is 1. The molecule has 3 aromatic rings. The van der Waals surface area contributed by atoms with Gasteiger partial charge in [-0.25, -0.2) is 4.79 Å². The molecule has 1 heterocycles. The largest absolute Gasteiger partial charge is 0.493 e. The second-order valence-corrected chi connectivity index (χ2v) is 7.37. The highest BCUT2D eigenvalue weighted by molar-refractivity contribution is 5.95. The van der Waals surface area contributed by atoms with Crippen LogP contribution in [0, 0.1) is 21.4 Å². The lowest BCUT2D eigenvalue weighted by molar-refractivity contribution is -0.385. The van der Waals surface area contributed by atoms with E-state index < -0.39 is 16.8 Å². The summed E-state index contributed by atoms with van der Waals surface area (Å²) < 4.78 is 22.0. The van der Waals surface area contributed by atoms with E-state index >= 15 is 0 Å². The summed E-state index contributed by atoms with van der Waals surface area (Å²) in [6.45, 7) is 0. The molecule has 0 saturated carbocycles. The molecule has 1 unspecified atom stereocenters. The molecule has 3 aromatic carbocycles. The molecule has 0 fully saturated rings. The third-order valence-corrected chi connectivity index (χ3v) is 5.47. The zero-order chi connectivity index (χ0) is 25.1. The Kier molecular flexibility index (Phi) is 6.24. The summed E-state index contributed by atoms with van der Waals surface area (Å²) in [6, 6.07) is 17.4. The zero-order valence-electron chi connectivity index (χ0n) is 18.7. The van der Waals surface area contributed by atoms with Gasteiger partial charge in [0.2, 0.25) is 5.88 Å². The molecule has 10 heteroatoms. The lowest BCUT2D eigenvalue weighted by Gasteiger charge is -2.28. The van der Waals surface area contributed by atoms with Gasteiger partial charge in [0.1, 0.15) is 28.7 Å². The van der Waals surface area contributed by atoms with Gasteiger partial charge in [-0.05, 0) is 18.2 Å². The van der Waals surface area contributed by atoms with Crippen LogP contribution in [0.5, 0.6) is 23.0 Å². The van der Waals surface area contributed by atoms with Gasteiger partial charge in [0.05, 0.1) is 25.1 Å². The third-order valence-electron chi connectivity index (χ3n) is 5.47. The van der Waals surface area contributed by atoms with Crippen LogP contribution in [0.4, 0.5) is 5.69 Å². The minimum absolute atomic E-state index is 0.0801. The topological polar surface area (TPSA) is 147 Å². The van der Waals surface area contributed by atoms with Crippen LogP contribution in [0.25, 0.3) is 0 Å². The maximum Gasteiger partial charge on any atom is 0.350 e. The molecule has 0 aromatic heterocycles. The predicted octanol–water partition coefficient (Wildman–Crippen LogP) is 4.05. The Morgan fingerprint density at radius 2 is 1.86 bits per heavy atom. The van der Waals surface area contributed by atoms with Crippen molar-refractivity contribution in [2.45, 2.75) is 5.92 Å². The molecule has 0 spiro atoms. The Morgan fingerprint density at radius 3 is 2.54 bits per heavy atom. The SMILES string of the molecule is COc1cccc(C2C(C#N)=C(N)Oc3cc(OC(=O)c4ccccc4[N+](=O)[O-])ccc32)c1OC. The number of benzene rings is 3. The van der Waals surface area contributed by atoms with E-state index in [4.69, 9.17) is 24.7 Å². The fourth-order valence-corrected chi connectivity index (χ4v) is 3.93. The van der Waals surface area contributed by atoms with E-state index in [1.165, 1.54) is 50.6 Å². The number of para-hydroxylation sites is 2. The number of nitriles is 1. The van der Waals surface area contributed by atoms with Crippen LogP contribution in [0.3, 0.4) is 0 Å². The molecule has 176 valence electrons. The van der Waals surface area contributed by atoms with Gasteiger partial charge in [-0.1, -0.05) is 30.3 Å². The van der Waals surface area contributed by atoms with Crippen molar-refractivity contribution in [3.63, 3.8) is 0 Å². The van der Waals surface area contributed by atoms with Crippen molar-refractivity contribution in [2.24, 2.45) is 5.73 Å². The van der Waals surface area contributed by atoms with Gasteiger partial charge in [0.15, 0.2) is 11.5 Å². The van der Waals surface area contributed by atoms with Gasteiger partial charge in [0.25, 0.3) is 5.69 Å². The fraction of sp³-hybridized carbons (Fsp3) is 0.120. The maximum absolute atomic E-state index is 12.6. The maximum atomic E-state index is 12.6. The third kappa shape index (κ3) is 4.18. The molecular weight excluding hydrogens is 454 g/mol. The van der Waals surface area contributed by atoms with E-state index in [-0.39, 0.29) is 34.2 Å². The first-order valence-electron chi connectivity index (χ1n) is 10.3. The number of nitro benzene ring substituents is 1. The average Bonchev–Trinajstić information content (AvgIpc) is 2.87. The molecule has 0 radical (unpaired) electrons. The number of nitrogens with two attached hydrogens (primary N) is 1. The molecule has 35 heavy (non-hydrogen) atoms. The van der Waals surface area contributed by atoms with Crippen LogP contribution < -0.4 is 24.7 Å². The number of carbonyl (C=O) groups excluding carboxylic acids is 1. The standard InChI is InChI=1S/C25H19N3O7/c1-32-20-9-5-7-17(23(20)33-2)22-16-11-10-14(12-21(16)35-24(27)18(22)13-26)34-25(29)15-6-3-4-8-19(15)28(30)31/h3-12,22H,27H2,1-2H3. The van der Waals surface area contributed by atoms with Crippen molar-refractivity contribution < 1.29 is 28.7 Å². The first-order chi connectivity index (χ1) is 16.9. The second-order valence-electron chi connectivity index (χ2n) is 7.37. The van der Waals surface area contributed by atoms with Crippen LogP contribution in [-0.4, -0.2) is 25.1 Å². The van der Waals surface area contributed by atoms with Crippen molar-refractivity contribution in [3.8, 4) is 29.1 Å². The van der Waals surface area contributed by atoms with Gasteiger partial charge < -0.3 is 24.7 Å². The molecular formula is C25H19N3O7. The molecule has 4 rings (SSSR count). The lowest BCUT2D eigenvalue weighted by Crippen LogP contribution is -2.21. The normalized spacial score (nSPS) is 14.3. The summed E-state index contributed by atoms with van der Waals surface area (Å²) in [7, 11) is 3.00. The van der Waals surface area contributed by atoms with Gasteiger partial charge in [-0.2, -0.15) is 5.26 Å². The van der Waals surface area contributed by atoms with E-state index in [1.807, 2.05) is 0 Å². The summed E-state index contributed by atoms with van der Waals surface area (Å²) in [6.07, 6.45) is 0. The number of nitrogens with zero attached hydrogens (tertiary/aromatic N) is 2. The van der Waals surface area contributed by atoms with Crippen LogP contribution in [0.2, 0.25) is 0 Å². The smallest absolute Gasteiger partial charge is 0.350 e. The number of hydrogen-bond donors (Lipinski definition) is 1. The van der Waals surface area contributed by atoms with E-state index in [1.54, 1.807) is 24.3 Å². The van der Waals surface area contributed by atoms with E-state index in [2.05, 4.69) is 6.07 Å². The summed E-state index contributed by atoms with van der Waals surface area (Å²) in [5.74, 6) is -0.420. The molecule has 1 aliphatic rings. The number of nitro groups is 1. The highest BCUT2D eigenvalue weighted by atomic mass is 16.6. The predicted molar refractivity (Wildman–Crippen MR) is 123 cm³/mol. The van der Waals surface area contributed by atoms with Crippen LogP contribution >= 0.6 is 0 Å². The summed E-state index contributed by atoms with van der Waals surface area (Å²) in [5, 5.41) is 21.1. The highest BCUT2D eigenvalue weighted by Gasteiger charge is 2.34. The van der Waals surface area contributed by atoms with E-state index in [0.717, 1.165) is 0 Å². The molecule has 0 aliphatic carbocycles. The molecule has 0 bridgehead atoms. The number of rotatable bonds is 6. The molecule has 1 aliphatic heterocycles. The summed E-state index contributed by atoms with van der Waals surface area (Å²) in [5.41, 5.74) is 6.88. The van der Waals surface area contributed by atoms with Crippen LogP contribution in [0.15, 0.2) is 72.1 Å². The molecule has 0 saturated heterocycles. The van der Waals surface area contributed by atoms with Crippen LogP contribution in [-0.2, 0) is 0 Å². The quantitative estimate of drug-likeness (QED) is 0.242. The average molecular weight is 473 g/mol. The van der Waals surface area contributed by atoms with Crippen molar-refractivity contribution in [2.75, 3.05) is 14.2 Å². The number of methoxy groups -OCH3 is 2. The van der Waals surface area contributed by atoms with Gasteiger partial charge >= 0.3 is 5.97 Å². The highest BCUT2D eigenvalue weighted by Crippen LogP contribution is 2.48. The number of esters is 1. The first-order valence-corrected chi connectivity index (χ1v) is 10.3. The number of fused-ring (bicyclic) bond motifs is 1.